The van der Waals surface area contributed by atoms with Gasteiger partial charge in [0.05, 0.1) is 36.8 Å². The van der Waals surface area contributed by atoms with Crippen LogP contribution in [0.5, 0.6) is 5.75 Å². The monoisotopic (exact) mass is 408 g/mol. The first-order chi connectivity index (χ1) is 13.5. The van der Waals surface area contributed by atoms with Gasteiger partial charge < -0.3 is 19.2 Å². The molecule has 0 unspecified atom stereocenters. The maximum Gasteiger partial charge on any atom is 0.241 e. The minimum Gasteiger partial charge on any atom is -0.497 e. The molecule has 152 valence electrons. The first kappa shape index (κ1) is 20.4. The highest BCUT2D eigenvalue weighted by atomic mass is 32.2. The van der Waals surface area contributed by atoms with E-state index in [0.717, 1.165) is 12.8 Å². The molecule has 2 N–H and O–H groups in total. The van der Waals surface area contributed by atoms with E-state index < -0.39 is 16.1 Å². The van der Waals surface area contributed by atoms with E-state index in [-0.39, 0.29) is 23.3 Å². The second-order valence-electron chi connectivity index (χ2n) is 6.51. The number of ether oxygens (including phenoxy) is 2. The molecule has 0 spiro atoms. The first-order valence-corrected chi connectivity index (χ1v) is 10.5. The van der Waals surface area contributed by atoms with Gasteiger partial charge in [-0.1, -0.05) is 0 Å². The minimum absolute atomic E-state index is 0.0157. The third-order valence-electron chi connectivity index (χ3n) is 4.49. The maximum absolute atomic E-state index is 12.7. The van der Waals surface area contributed by atoms with Crippen molar-refractivity contribution in [3.8, 4) is 5.75 Å². The molecular formula is C19H24N2O6S. The molecule has 2 heterocycles. The normalized spacial score (nSPS) is 18.0. The van der Waals surface area contributed by atoms with Crippen molar-refractivity contribution in [1.82, 2.24) is 10.0 Å². The van der Waals surface area contributed by atoms with Crippen molar-refractivity contribution in [3.05, 3.63) is 48.4 Å². The Hall–Kier alpha value is -2.36. The Morgan fingerprint density at radius 3 is 2.68 bits per heavy atom. The van der Waals surface area contributed by atoms with Gasteiger partial charge in [-0.25, -0.2) is 8.42 Å². The van der Waals surface area contributed by atoms with Crippen LogP contribution in [0.3, 0.4) is 0 Å². The number of amides is 1. The number of benzene rings is 1. The maximum atomic E-state index is 12.7. The van der Waals surface area contributed by atoms with Gasteiger partial charge in [-0.3, -0.25) is 4.79 Å². The molecule has 1 aliphatic heterocycles. The van der Waals surface area contributed by atoms with Gasteiger partial charge in [-0.05, 0) is 49.2 Å². The minimum atomic E-state index is -3.86. The molecule has 0 bridgehead atoms. The van der Waals surface area contributed by atoms with Crippen LogP contribution in [-0.2, 0) is 19.6 Å². The molecule has 28 heavy (non-hydrogen) atoms. The fourth-order valence-corrected chi connectivity index (χ4v) is 4.20. The number of sulfonamides is 1. The number of hydrogen-bond acceptors (Lipinski definition) is 6. The number of methoxy groups -OCH3 is 1. The number of carbonyl (C=O) groups excluding carboxylic acids is 1. The van der Waals surface area contributed by atoms with E-state index in [9.17, 15) is 13.2 Å². The Balaban J connectivity index is 1.68. The van der Waals surface area contributed by atoms with Crippen molar-refractivity contribution in [2.75, 3.05) is 20.3 Å². The van der Waals surface area contributed by atoms with Crippen LogP contribution >= 0.6 is 0 Å². The molecule has 1 aromatic heterocycles. The van der Waals surface area contributed by atoms with Crippen LogP contribution in [0.2, 0.25) is 0 Å². The fourth-order valence-electron chi connectivity index (χ4n) is 2.99. The second-order valence-corrected chi connectivity index (χ2v) is 8.22. The Morgan fingerprint density at radius 1 is 1.29 bits per heavy atom. The number of hydrogen-bond donors (Lipinski definition) is 2. The van der Waals surface area contributed by atoms with Gasteiger partial charge in [-0.15, -0.1) is 0 Å². The molecule has 2 atom stereocenters. The standard InChI is InChI=1S/C19H24N2O6S/c1-25-14-6-8-16(9-7-14)28(23,24)21-17(18-5-3-11-27-18)12-19(22)20-13-15-4-2-10-26-15/h3,5-9,11,15,17,21H,2,4,10,12-13H2,1H3,(H,20,22)/t15-,17-/m1/s1. The molecule has 0 saturated carbocycles. The SMILES string of the molecule is COc1ccc(S(=O)(=O)N[C@H](CC(=O)NC[C@H]2CCCO2)c2ccco2)cc1. The van der Waals surface area contributed by atoms with E-state index in [4.69, 9.17) is 13.9 Å². The summed E-state index contributed by atoms with van der Waals surface area (Å²) in [4.78, 5) is 12.4. The van der Waals surface area contributed by atoms with Crippen molar-refractivity contribution >= 4 is 15.9 Å². The van der Waals surface area contributed by atoms with E-state index in [1.807, 2.05) is 0 Å². The Labute approximate surface area is 164 Å². The lowest BCUT2D eigenvalue weighted by Gasteiger charge is -2.18. The van der Waals surface area contributed by atoms with Gasteiger partial charge >= 0.3 is 0 Å². The van der Waals surface area contributed by atoms with Crippen LogP contribution in [0, 0.1) is 0 Å². The Kier molecular flexibility index (Phi) is 6.71. The Bertz CT molecular complexity index is 858. The summed E-state index contributed by atoms with van der Waals surface area (Å²) in [5.41, 5.74) is 0. The zero-order valence-electron chi connectivity index (χ0n) is 15.6. The molecule has 9 heteroatoms. The summed E-state index contributed by atoms with van der Waals surface area (Å²) in [6, 6.07) is 8.46. The highest BCUT2D eigenvalue weighted by molar-refractivity contribution is 7.89. The largest absolute Gasteiger partial charge is 0.497 e. The summed E-state index contributed by atoms with van der Waals surface area (Å²) in [5.74, 6) is 0.633. The molecule has 1 amide bonds. The molecule has 1 aromatic carbocycles. The summed E-state index contributed by atoms with van der Waals surface area (Å²) < 4.78 is 43.9. The zero-order valence-corrected chi connectivity index (χ0v) is 16.4. The van der Waals surface area contributed by atoms with Crippen LogP contribution in [0.1, 0.15) is 31.1 Å². The molecule has 1 aliphatic rings. The number of carbonyl (C=O) groups is 1. The predicted octanol–water partition coefficient (Wildman–Crippen LogP) is 1.99. The molecule has 0 radical (unpaired) electrons. The number of nitrogens with one attached hydrogen (secondary N) is 2. The quantitative estimate of drug-likeness (QED) is 0.657. The van der Waals surface area contributed by atoms with Crippen LogP contribution in [-0.4, -0.2) is 40.7 Å². The smallest absolute Gasteiger partial charge is 0.241 e. The average molecular weight is 408 g/mol. The fraction of sp³-hybridized carbons (Fsp3) is 0.421. The van der Waals surface area contributed by atoms with Gasteiger partial charge in [0.15, 0.2) is 0 Å². The predicted molar refractivity (Wildman–Crippen MR) is 101 cm³/mol. The lowest BCUT2D eigenvalue weighted by molar-refractivity contribution is -0.122. The molecular weight excluding hydrogens is 384 g/mol. The van der Waals surface area contributed by atoms with Crippen LogP contribution in [0.15, 0.2) is 52.0 Å². The summed E-state index contributed by atoms with van der Waals surface area (Å²) >= 11 is 0. The summed E-state index contributed by atoms with van der Waals surface area (Å²) in [7, 11) is -2.35. The molecule has 1 saturated heterocycles. The third kappa shape index (κ3) is 5.34. The number of rotatable bonds is 9. The van der Waals surface area contributed by atoms with E-state index in [2.05, 4.69) is 10.0 Å². The topological polar surface area (TPSA) is 107 Å². The van der Waals surface area contributed by atoms with E-state index in [0.29, 0.717) is 24.7 Å². The van der Waals surface area contributed by atoms with Crippen molar-refractivity contribution < 1.29 is 27.1 Å². The summed E-state index contributed by atoms with van der Waals surface area (Å²) in [6.07, 6.45) is 3.26. The molecule has 1 fully saturated rings. The zero-order chi connectivity index (χ0) is 20.0. The highest BCUT2D eigenvalue weighted by Crippen LogP contribution is 2.22. The van der Waals surface area contributed by atoms with E-state index in [1.54, 1.807) is 24.3 Å². The molecule has 3 rings (SSSR count). The van der Waals surface area contributed by atoms with Gasteiger partial charge in [0.1, 0.15) is 11.5 Å². The lowest BCUT2D eigenvalue weighted by Crippen LogP contribution is -2.36. The van der Waals surface area contributed by atoms with Gasteiger partial charge in [0.25, 0.3) is 0 Å². The van der Waals surface area contributed by atoms with Gasteiger partial charge in [-0.2, -0.15) is 4.72 Å². The van der Waals surface area contributed by atoms with E-state index in [1.165, 1.54) is 25.5 Å². The molecule has 2 aromatic rings. The van der Waals surface area contributed by atoms with Crippen LogP contribution < -0.4 is 14.8 Å². The average Bonchev–Trinajstić information content (AvgIpc) is 3.39. The van der Waals surface area contributed by atoms with E-state index >= 15 is 0 Å². The van der Waals surface area contributed by atoms with Crippen molar-refractivity contribution in [3.63, 3.8) is 0 Å². The van der Waals surface area contributed by atoms with Crippen molar-refractivity contribution in [1.29, 1.82) is 0 Å². The summed E-state index contributed by atoms with van der Waals surface area (Å²) in [6.45, 7) is 1.12. The molecule has 8 nitrogen and oxygen atoms in total. The van der Waals surface area contributed by atoms with Crippen molar-refractivity contribution in [2.24, 2.45) is 0 Å². The van der Waals surface area contributed by atoms with Gasteiger partial charge in [0.2, 0.25) is 15.9 Å². The summed E-state index contributed by atoms with van der Waals surface area (Å²) in [5, 5.41) is 2.80. The van der Waals surface area contributed by atoms with Crippen LogP contribution in [0.25, 0.3) is 0 Å². The Morgan fingerprint density at radius 2 is 2.07 bits per heavy atom. The highest BCUT2D eigenvalue weighted by Gasteiger charge is 2.26. The number of furan rings is 1. The lowest BCUT2D eigenvalue weighted by atomic mass is 10.1. The third-order valence-corrected chi connectivity index (χ3v) is 5.98. The van der Waals surface area contributed by atoms with Crippen molar-refractivity contribution in [2.45, 2.75) is 36.3 Å². The van der Waals surface area contributed by atoms with Gasteiger partial charge in [0, 0.05) is 13.2 Å². The van der Waals surface area contributed by atoms with Crippen LogP contribution in [0.4, 0.5) is 0 Å². The molecule has 0 aliphatic carbocycles. The second kappa shape index (κ2) is 9.22. The first-order valence-electron chi connectivity index (χ1n) is 9.06.